The minimum atomic E-state index is -0.586. The predicted octanol–water partition coefficient (Wildman–Crippen LogP) is 3.70. The van der Waals surface area contributed by atoms with Crippen molar-refractivity contribution in [1.82, 2.24) is 10.3 Å². The largest absolute Gasteiger partial charge is 0.509 e. The molecule has 22 heavy (non-hydrogen) atoms. The van der Waals surface area contributed by atoms with Gasteiger partial charge in [-0.2, -0.15) is 0 Å². The Morgan fingerprint density at radius 1 is 1.36 bits per heavy atom. The maximum absolute atomic E-state index is 12.5. The van der Waals surface area contributed by atoms with Crippen LogP contribution in [0, 0.1) is 19.8 Å². The average molecular weight is 321 g/mol. The van der Waals surface area contributed by atoms with Gasteiger partial charge in [0, 0.05) is 11.3 Å². The summed E-state index contributed by atoms with van der Waals surface area (Å²) < 4.78 is 0. The first-order valence-electron chi connectivity index (χ1n) is 7.74. The number of pyridine rings is 1. The molecule has 1 aliphatic carbocycles. The Labute approximate surface area is 135 Å². The molecule has 1 aromatic rings. The van der Waals surface area contributed by atoms with Crippen molar-refractivity contribution in [2.45, 2.75) is 52.0 Å². The third kappa shape index (κ3) is 2.30. The Balaban J connectivity index is 2.10. The lowest BCUT2D eigenvalue weighted by Gasteiger charge is -2.36. The minimum absolute atomic E-state index is 0.180. The van der Waals surface area contributed by atoms with Crippen molar-refractivity contribution in [3.05, 3.63) is 33.8 Å². The number of nitrogens with one attached hydrogen (secondary N) is 1. The predicted molar refractivity (Wildman–Crippen MR) is 86.8 cm³/mol. The molecule has 0 bridgehead atoms. The number of halogens is 1. The van der Waals surface area contributed by atoms with Gasteiger partial charge in [0.25, 0.3) is 5.91 Å². The van der Waals surface area contributed by atoms with Crippen molar-refractivity contribution >= 4 is 23.1 Å². The Bertz CT molecular complexity index is 650. The lowest BCUT2D eigenvalue weighted by molar-refractivity contribution is -0.116. The van der Waals surface area contributed by atoms with Gasteiger partial charge in [-0.05, 0) is 57.1 Å². The van der Waals surface area contributed by atoms with Crippen molar-refractivity contribution in [2.75, 3.05) is 0 Å². The van der Waals surface area contributed by atoms with Crippen LogP contribution in [0.15, 0.2) is 11.8 Å². The summed E-state index contributed by atoms with van der Waals surface area (Å²) in [5.74, 6) is 0.613. The Hall–Kier alpha value is -1.55. The van der Waals surface area contributed by atoms with Crippen LogP contribution < -0.4 is 5.32 Å². The van der Waals surface area contributed by atoms with Crippen molar-refractivity contribution in [1.29, 1.82) is 0 Å². The van der Waals surface area contributed by atoms with Gasteiger partial charge in [0.05, 0.1) is 11.1 Å². The highest BCUT2D eigenvalue weighted by Gasteiger charge is 2.47. The number of amides is 1. The van der Waals surface area contributed by atoms with E-state index in [1.165, 1.54) is 0 Å². The summed E-state index contributed by atoms with van der Waals surface area (Å²) in [7, 11) is 0. The van der Waals surface area contributed by atoms with E-state index in [0.29, 0.717) is 27.9 Å². The molecule has 0 aromatic carbocycles. The Kier molecular flexibility index (Phi) is 3.68. The molecular weight excluding hydrogens is 300 g/mol. The van der Waals surface area contributed by atoms with Crippen molar-refractivity contribution in [3.8, 4) is 0 Å². The highest BCUT2D eigenvalue weighted by molar-refractivity contribution is 6.30. The molecule has 1 fully saturated rings. The van der Waals surface area contributed by atoms with E-state index in [1.807, 2.05) is 13.8 Å². The number of rotatable bonds is 1. The molecule has 1 aromatic heterocycles. The maximum atomic E-state index is 12.5. The second kappa shape index (κ2) is 5.27. The van der Waals surface area contributed by atoms with Crippen LogP contribution in [-0.4, -0.2) is 21.5 Å². The topological polar surface area (TPSA) is 62.2 Å². The number of carbonyl (C=O) groups is 1. The maximum Gasteiger partial charge on any atom is 0.256 e. The van der Waals surface area contributed by atoms with Gasteiger partial charge in [-0.25, -0.2) is 4.98 Å². The molecule has 2 N–H and O–H groups in total. The number of aryl methyl sites for hydroxylation is 2. The Morgan fingerprint density at radius 3 is 2.59 bits per heavy atom. The molecule has 0 saturated heterocycles. The highest BCUT2D eigenvalue weighted by Crippen LogP contribution is 2.43. The fourth-order valence-corrected chi connectivity index (χ4v) is 3.99. The minimum Gasteiger partial charge on any atom is -0.509 e. The van der Waals surface area contributed by atoms with Gasteiger partial charge < -0.3 is 10.4 Å². The number of aliphatic hydroxyl groups is 1. The summed E-state index contributed by atoms with van der Waals surface area (Å²) >= 11 is 5.97. The first-order chi connectivity index (χ1) is 10.3. The summed E-state index contributed by atoms with van der Waals surface area (Å²) in [6, 6.07) is 1.73. The lowest BCUT2D eigenvalue weighted by Crippen LogP contribution is -2.47. The summed E-state index contributed by atoms with van der Waals surface area (Å²) in [6.07, 6.45) is 3.59. The first-order valence-corrected chi connectivity index (χ1v) is 8.12. The number of aliphatic hydroxyl groups excluding tert-OH is 1. The third-order valence-corrected chi connectivity index (χ3v) is 5.21. The van der Waals surface area contributed by atoms with Crippen LogP contribution in [-0.2, 0) is 4.79 Å². The van der Waals surface area contributed by atoms with Crippen LogP contribution in [0.4, 0.5) is 0 Å². The van der Waals surface area contributed by atoms with Gasteiger partial charge in [0.1, 0.15) is 10.9 Å². The van der Waals surface area contributed by atoms with Crippen LogP contribution in [0.1, 0.15) is 49.4 Å². The molecule has 2 aliphatic rings. The summed E-state index contributed by atoms with van der Waals surface area (Å²) in [6.45, 7) is 5.91. The Morgan fingerprint density at radius 2 is 2.00 bits per heavy atom. The molecule has 3 rings (SSSR count). The van der Waals surface area contributed by atoms with Gasteiger partial charge in [-0.15, -0.1) is 0 Å². The standard InChI is InChI=1S/C17H21ClN2O2/c1-9-4-6-17(7-5-9)15(21)14(16(22)20-17)13-10(2)8-12(18)19-11(13)3/h8-9,21H,4-7H2,1-3H3,(H,20,22). The average Bonchev–Trinajstić information content (AvgIpc) is 2.66. The SMILES string of the molecule is Cc1cc(Cl)nc(C)c1C1=C(O)C2(CCC(C)CC2)NC1=O. The lowest BCUT2D eigenvalue weighted by atomic mass is 9.76. The van der Waals surface area contributed by atoms with E-state index in [-0.39, 0.29) is 11.7 Å². The van der Waals surface area contributed by atoms with Crippen LogP contribution >= 0.6 is 11.6 Å². The van der Waals surface area contributed by atoms with Gasteiger partial charge >= 0.3 is 0 Å². The van der Waals surface area contributed by atoms with Crippen molar-refractivity contribution in [2.24, 2.45) is 5.92 Å². The molecule has 1 aliphatic heterocycles. The van der Waals surface area contributed by atoms with Crippen LogP contribution in [0.3, 0.4) is 0 Å². The van der Waals surface area contributed by atoms with Crippen LogP contribution in [0.5, 0.6) is 0 Å². The van der Waals surface area contributed by atoms with Gasteiger partial charge in [-0.3, -0.25) is 4.79 Å². The third-order valence-electron chi connectivity index (χ3n) is 5.01. The van der Waals surface area contributed by atoms with Crippen LogP contribution in [0.2, 0.25) is 5.15 Å². The van der Waals surface area contributed by atoms with E-state index >= 15 is 0 Å². The van der Waals surface area contributed by atoms with Crippen molar-refractivity contribution in [3.63, 3.8) is 0 Å². The van der Waals surface area contributed by atoms with E-state index in [4.69, 9.17) is 11.6 Å². The molecule has 4 nitrogen and oxygen atoms in total. The zero-order valence-corrected chi connectivity index (χ0v) is 13.9. The molecule has 1 spiro atoms. The first kappa shape index (κ1) is 15.3. The highest BCUT2D eigenvalue weighted by atomic mass is 35.5. The molecule has 0 radical (unpaired) electrons. The summed E-state index contributed by atoms with van der Waals surface area (Å²) in [4.78, 5) is 16.8. The zero-order valence-electron chi connectivity index (χ0n) is 13.2. The van der Waals surface area contributed by atoms with E-state index in [0.717, 1.165) is 31.2 Å². The molecule has 5 heteroatoms. The molecule has 118 valence electrons. The van der Waals surface area contributed by atoms with Crippen LogP contribution in [0.25, 0.3) is 5.57 Å². The van der Waals surface area contributed by atoms with Gasteiger partial charge in [0.15, 0.2) is 0 Å². The van der Waals surface area contributed by atoms with Gasteiger partial charge in [-0.1, -0.05) is 18.5 Å². The fraction of sp³-hybridized carbons (Fsp3) is 0.529. The molecule has 0 atom stereocenters. The quantitative estimate of drug-likeness (QED) is 0.776. The van der Waals surface area contributed by atoms with E-state index in [1.54, 1.807) is 6.07 Å². The number of aromatic nitrogens is 1. The zero-order chi connectivity index (χ0) is 16.1. The molecule has 1 saturated carbocycles. The number of hydrogen-bond donors (Lipinski definition) is 2. The second-order valence-corrected chi connectivity index (χ2v) is 7.05. The molecule has 0 unspecified atom stereocenters. The summed E-state index contributed by atoms with van der Waals surface area (Å²) in [5, 5.41) is 14.3. The second-order valence-electron chi connectivity index (χ2n) is 6.66. The number of hydrogen-bond acceptors (Lipinski definition) is 3. The monoisotopic (exact) mass is 320 g/mol. The smallest absolute Gasteiger partial charge is 0.256 e. The molecular formula is C17H21ClN2O2. The molecule has 1 amide bonds. The van der Waals surface area contributed by atoms with Gasteiger partial charge in [0.2, 0.25) is 0 Å². The van der Waals surface area contributed by atoms with E-state index in [9.17, 15) is 9.90 Å². The molecule has 2 heterocycles. The number of nitrogens with zero attached hydrogens (tertiary/aromatic N) is 1. The normalized spacial score (nSPS) is 28.4. The van der Waals surface area contributed by atoms with Crippen molar-refractivity contribution < 1.29 is 9.90 Å². The summed E-state index contributed by atoms with van der Waals surface area (Å²) in [5.41, 5.74) is 2.01. The fourth-order valence-electron chi connectivity index (χ4n) is 3.70. The number of carbonyl (C=O) groups excluding carboxylic acids is 1. The van der Waals surface area contributed by atoms with E-state index < -0.39 is 5.54 Å². The van der Waals surface area contributed by atoms with E-state index in [2.05, 4.69) is 17.2 Å².